The van der Waals surface area contributed by atoms with Gasteiger partial charge >= 0.3 is 6.09 Å². The Kier molecular flexibility index (Phi) is 7.87. The molecule has 32 heavy (non-hydrogen) atoms. The Labute approximate surface area is 192 Å². The predicted octanol–water partition coefficient (Wildman–Crippen LogP) is 3.28. The SMILES string of the molecule is CC(C)(C)OC(=O)N1CCN(CCNC(=O)c2ccccc2NC(=O)c2ccsc2)CC1. The lowest BCUT2D eigenvalue weighted by Crippen LogP contribution is -2.51. The molecule has 1 aliphatic rings. The van der Waals surface area contributed by atoms with Gasteiger partial charge in [0.2, 0.25) is 0 Å². The molecular weight excluding hydrogens is 428 g/mol. The quantitative estimate of drug-likeness (QED) is 0.693. The van der Waals surface area contributed by atoms with E-state index in [0.717, 1.165) is 13.1 Å². The van der Waals surface area contributed by atoms with E-state index < -0.39 is 5.60 Å². The molecule has 0 aliphatic carbocycles. The maximum Gasteiger partial charge on any atom is 0.410 e. The van der Waals surface area contributed by atoms with Crippen molar-refractivity contribution in [3.8, 4) is 0 Å². The number of nitrogens with zero attached hydrogens (tertiary/aromatic N) is 2. The zero-order chi connectivity index (χ0) is 23.1. The van der Waals surface area contributed by atoms with Gasteiger partial charge in [0.05, 0.1) is 16.8 Å². The van der Waals surface area contributed by atoms with E-state index in [0.29, 0.717) is 43.0 Å². The number of para-hydroxylation sites is 1. The van der Waals surface area contributed by atoms with Crippen molar-refractivity contribution in [2.45, 2.75) is 26.4 Å². The summed E-state index contributed by atoms with van der Waals surface area (Å²) in [5.41, 5.74) is 0.964. The van der Waals surface area contributed by atoms with Gasteiger partial charge < -0.3 is 20.3 Å². The number of thiophene rings is 1. The number of carbonyl (C=O) groups excluding carboxylic acids is 3. The van der Waals surface area contributed by atoms with Crippen molar-refractivity contribution >= 4 is 34.9 Å². The normalized spacial score (nSPS) is 14.7. The van der Waals surface area contributed by atoms with Gasteiger partial charge in [-0.05, 0) is 44.4 Å². The lowest BCUT2D eigenvalue weighted by Gasteiger charge is -2.35. The first-order chi connectivity index (χ1) is 15.2. The molecule has 172 valence electrons. The fourth-order valence-electron chi connectivity index (χ4n) is 3.28. The number of piperazine rings is 1. The highest BCUT2D eigenvalue weighted by Gasteiger charge is 2.25. The third-order valence-electron chi connectivity index (χ3n) is 4.94. The Balaban J connectivity index is 1.45. The summed E-state index contributed by atoms with van der Waals surface area (Å²) in [5.74, 6) is -0.479. The molecule has 1 aromatic heterocycles. The first-order valence-electron chi connectivity index (χ1n) is 10.6. The molecule has 3 amide bonds. The molecule has 8 nitrogen and oxygen atoms in total. The number of hydrogen-bond donors (Lipinski definition) is 2. The molecule has 1 fully saturated rings. The van der Waals surface area contributed by atoms with E-state index in [1.807, 2.05) is 26.2 Å². The Bertz CT molecular complexity index is 932. The topological polar surface area (TPSA) is 91.0 Å². The molecule has 1 aromatic carbocycles. The first-order valence-corrected chi connectivity index (χ1v) is 11.6. The summed E-state index contributed by atoms with van der Waals surface area (Å²) in [6.07, 6.45) is -0.286. The molecule has 0 radical (unpaired) electrons. The summed E-state index contributed by atoms with van der Waals surface area (Å²) in [5, 5.41) is 9.34. The van der Waals surface area contributed by atoms with Crippen molar-refractivity contribution < 1.29 is 19.1 Å². The van der Waals surface area contributed by atoms with Crippen LogP contribution in [0.4, 0.5) is 10.5 Å². The van der Waals surface area contributed by atoms with E-state index in [1.165, 1.54) is 11.3 Å². The first kappa shape index (κ1) is 23.7. The molecule has 0 unspecified atom stereocenters. The minimum absolute atomic E-state index is 0.237. The smallest absolute Gasteiger partial charge is 0.410 e. The standard InChI is InChI=1S/C23H30N4O4S/c1-23(2,3)31-22(30)27-13-11-26(12-14-27)10-9-24-21(29)18-6-4-5-7-19(18)25-20(28)17-8-15-32-16-17/h4-8,15-16H,9-14H2,1-3H3,(H,24,29)(H,25,28). The van der Waals surface area contributed by atoms with Crippen LogP contribution in [0.5, 0.6) is 0 Å². The second kappa shape index (κ2) is 10.6. The van der Waals surface area contributed by atoms with Gasteiger partial charge in [0, 0.05) is 44.6 Å². The fourth-order valence-corrected chi connectivity index (χ4v) is 3.92. The number of carbonyl (C=O) groups is 3. The molecule has 2 N–H and O–H groups in total. The van der Waals surface area contributed by atoms with Gasteiger partial charge in [-0.2, -0.15) is 11.3 Å². The Morgan fingerprint density at radius 1 is 1.03 bits per heavy atom. The number of anilines is 1. The summed E-state index contributed by atoms with van der Waals surface area (Å²) in [7, 11) is 0. The van der Waals surface area contributed by atoms with Crippen LogP contribution in [0.3, 0.4) is 0 Å². The zero-order valence-corrected chi connectivity index (χ0v) is 19.5. The lowest BCUT2D eigenvalue weighted by molar-refractivity contribution is 0.0147. The highest BCUT2D eigenvalue weighted by Crippen LogP contribution is 2.17. The molecule has 0 saturated carbocycles. The zero-order valence-electron chi connectivity index (χ0n) is 18.7. The fraction of sp³-hybridized carbons (Fsp3) is 0.435. The summed E-state index contributed by atoms with van der Waals surface area (Å²) >= 11 is 1.44. The third kappa shape index (κ3) is 6.80. The van der Waals surface area contributed by atoms with Crippen molar-refractivity contribution in [2.24, 2.45) is 0 Å². The van der Waals surface area contributed by atoms with Crippen LogP contribution < -0.4 is 10.6 Å². The molecule has 0 atom stereocenters. The minimum Gasteiger partial charge on any atom is -0.444 e. The monoisotopic (exact) mass is 458 g/mol. The number of benzene rings is 1. The Morgan fingerprint density at radius 3 is 2.41 bits per heavy atom. The van der Waals surface area contributed by atoms with Crippen LogP contribution in [-0.4, -0.2) is 72.6 Å². The van der Waals surface area contributed by atoms with Crippen molar-refractivity contribution in [3.63, 3.8) is 0 Å². The predicted molar refractivity (Wildman–Crippen MR) is 125 cm³/mol. The molecule has 0 bridgehead atoms. The highest BCUT2D eigenvalue weighted by molar-refractivity contribution is 7.08. The van der Waals surface area contributed by atoms with E-state index >= 15 is 0 Å². The molecular formula is C23H30N4O4S. The van der Waals surface area contributed by atoms with Gasteiger partial charge in [0.1, 0.15) is 5.60 Å². The lowest BCUT2D eigenvalue weighted by atomic mass is 10.1. The number of amides is 3. The summed E-state index contributed by atoms with van der Waals surface area (Å²) in [4.78, 5) is 41.1. The largest absolute Gasteiger partial charge is 0.444 e. The van der Waals surface area contributed by atoms with Crippen LogP contribution in [0.25, 0.3) is 0 Å². The van der Waals surface area contributed by atoms with Crippen LogP contribution in [-0.2, 0) is 4.74 Å². The van der Waals surface area contributed by atoms with Gasteiger partial charge in [0.25, 0.3) is 11.8 Å². The number of rotatable bonds is 6. The van der Waals surface area contributed by atoms with Crippen LogP contribution in [0.2, 0.25) is 0 Å². The molecule has 1 aliphatic heterocycles. The van der Waals surface area contributed by atoms with Crippen LogP contribution in [0, 0.1) is 0 Å². The van der Waals surface area contributed by atoms with Gasteiger partial charge in [-0.3, -0.25) is 14.5 Å². The van der Waals surface area contributed by atoms with E-state index in [4.69, 9.17) is 4.74 Å². The van der Waals surface area contributed by atoms with Crippen LogP contribution in [0.1, 0.15) is 41.5 Å². The second-order valence-corrected chi connectivity index (χ2v) is 9.36. The molecule has 0 spiro atoms. The molecule has 2 aromatic rings. The number of nitrogens with one attached hydrogen (secondary N) is 2. The number of ether oxygens (including phenoxy) is 1. The average Bonchev–Trinajstić information content (AvgIpc) is 3.28. The summed E-state index contributed by atoms with van der Waals surface area (Å²) < 4.78 is 5.42. The van der Waals surface area contributed by atoms with Crippen molar-refractivity contribution in [3.05, 3.63) is 52.2 Å². The second-order valence-electron chi connectivity index (χ2n) is 8.58. The van der Waals surface area contributed by atoms with Gasteiger partial charge in [-0.15, -0.1) is 0 Å². The molecule has 2 heterocycles. The van der Waals surface area contributed by atoms with E-state index in [9.17, 15) is 14.4 Å². The van der Waals surface area contributed by atoms with Gasteiger partial charge in [0.15, 0.2) is 0 Å². The van der Waals surface area contributed by atoms with Crippen molar-refractivity contribution in [2.75, 3.05) is 44.6 Å². The van der Waals surface area contributed by atoms with Crippen molar-refractivity contribution in [1.29, 1.82) is 0 Å². The average molecular weight is 459 g/mol. The van der Waals surface area contributed by atoms with E-state index in [2.05, 4.69) is 15.5 Å². The van der Waals surface area contributed by atoms with Crippen molar-refractivity contribution in [1.82, 2.24) is 15.1 Å². The van der Waals surface area contributed by atoms with Crippen LogP contribution in [0.15, 0.2) is 41.1 Å². The van der Waals surface area contributed by atoms with Gasteiger partial charge in [-0.1, -0.05) is 12.1 Å². The summed E-state index contributed by atoms with van der Waals surface area (Å²) in [6.45, 7) is 9.36. The van der Waals surface area contributed by atoms with Crippen LogP contribution >= 0.6 is 11.3 Å². The minimum atomic E-state index is -0.502. The molecule has 9 heteroatoms. The van der Waals surface area contributed by atoms with Gasteiger partial charge in [-0.25, -0.2) is 4.79 Å². The third-order valence-corrected chi connectivity index (χ3v) is 5.62. The molecule has 1 saturated heterocycles. The Hall–Kier alpha value is -2.91. The van der Waals surface area contributed by atoms with E-state index in [-0.39, 0.29) is 17.9 Å². The summed E-state index contributed by atoms with van der Waals surface area (Å²) in [6, 6.07) is 8.70. The number of hydrogen-bond acceptors (Lipinski definition) is 6. The Morgan fingerprint density at radius 2 is 1.75 bits per heavy atom. The van der Waals surface area contributed by atoms with E-state index in [1.54, 1.807) is 40.6 Å². The molecule has 3 rings (SSSR count). The maximum atomic E-state index is 12.7. The maximum absolute atomic E-state index is 12.7. The highest BCUT2D eigenvalue weighted by atomic mass is 32.1.